The maximum absolute atomic E-state index is 12.6. The molecule has 1 aliphatic rings. The molecule has 0 amide bonds. The Kier molecular flexibility index (Phi) is 3.55. The SMILES string of the molecule is O=C1C(c2[nH]c3c(Cl)cc(Cl)cc3c2O)=Nc2c(Cl)cc(Cl)cc21. The molecule has 4 rings (SSSR count). The maximum Gasteiger partial charge on any atom is 0.215 e. The van der Waals surface area contributed by atoms with Crippen molar-refractivity contribution in [2.24, 2.45) is 4.99 Å². The number of aromatic hydroxyl groups is 1. The first kappa shape index (κ1) is 15.8. The molecule has 0 saturated heterocycles. The minimum Gasteiger partial charge on any atom is -0.505 e. The van der Waals surface area contributed by atoms with Gasteiger partial charge in [0.1, 0.15) is 11.4 Å². The predicted octanol–water partition coefficient (Wildman–Crippen LogP) is 5.80. The lowest BCUT2D eigenvalue weighted by atomic mass is 10.1. The van der Waals surface area contributed by atoms with Crippen LogP contribution in [0.4, 0.5) is 5.69 Å². The zero-order valence-corrected chi connectivity index (χ0v) is 14.6. The molecule has 120 valence electrons. The van der Waals surface area contributed by atoms with Gasteiger partial charge in [0, 0.05) is 15.4 Å². The number of ketones is 1. The highest BCUT2D eigenvalue weighted by molar-refractivity contribution is 6.57. The number of Topliss-reactive ketones (excluding diaryl/α,β-unsaturated/α-hetero) is 1. The van der Waals surface area contributed by atoms with Crippen LogP contribution in [0.2, 0.25) is 20.1 Å². The van der Waals surface area contributed by atoms with Crippen molar-refractivity contribution in [3.63, 3.8) is 0 Å². The van der Waals surface area contributed by atoms with Crippen molar-refractivity contribution in [2.75, 3.05) is 0 Å². The van der Waals surface area contributed by atoms with Crippen LogP contribution in [0.25, 0.3) is 10.9 Å². The molecule has 0 radical (unpaired) electrons. The summed E-state index contributed by atoms with van der Waals surface area (Å²) in [6, 6.07) is 6.08. The third kappa shape index (κ3) is 2.22. The highest BCUT2D eigenvalue weighted by Crippen LogP contribution is 2.41. The van der Waals surface area contributed by atoms with Gasteiger partial charge in [-0.15, -0.1) is 0 Å². The van der Waals surface area contributed by atoms with E-state index in [1.807, 2.05) is 0 Å². The minimum absolute atomic E-state index is 0.0371. The molecule has 0 spiro atoms. The Balaban J connectivity index is 1.95. The predicted molar refractivity (Wildman–Crippen MR) is 97.0 cm³/mol. The molecule has 2 aromatic carbocycles. The van der Waals surface area contributed by atoms with Gasteiger partial charge in [0.2, 0.25) is 5.78 Å². The fourth-order valence-electron chi connectivity index (χ4n) is 2.69. The molecule has 4 nitrogen and oxygen atoms in total. The lowest BCUT2D eigenvalue weighted by Crippen LogP contribution is -2.11. The smallest absolute Gasteiger partial charge is 0.215 e. The first-order chi connectivity index (χ1) is 11.4. The molecule has 0 fully saturated rings. The van der Waals surface area contributed by atoms with E-state index in [4.69, 9.17) is 46.4 Å². The third-order valence-electron chi connectivity index (χ3n) is 3.75. The Morgan fingerprint density at radius 3 is 2.38 bits per heavy atom. The molecule has 2 N–H and O–H groups in total. The number of hydrogen-bond donors (Lipinski definition) is 2. The summed E-state index contributed by atoms with van der Waals surface area (Å²) in [6.45, 7) is 0. The van der Waals surface area contributed by atoms with E-state index in [-0.39, 0.29) is 27.7 Å². The molecule has 0 atom stereocenters. The molecule has 0 bridgehead atoms. The summed E-state index contributed by atoms with van der Waals surface area (Å²) in [5, 5.41) is 12.2. The molecule has 0 saturated carbocycles. The van der Waals surface area contributed by atoms with Crippen LogP contribution in [0.15, 0.2) is 29.3 Å². The highest BCUT2D eigenvalue weighted by atomic mass is 35.5. The van der Waals surface area contributed by atoms with E-state index < -0.39 is 5.78 Å². The standard InChI is InChI=1S/C16H6Cl4N2O2/c17-5-1-7-11(9(19)3-5)21-13(15(7)23)14-16(24)8-2-6(18)4-10(20)12(8)22-14/h1-4,21,23H. The maximum atomic E-state index is 12.6. The summed E-state index contributed by atoms with van der Waals surface area (Å²) in [7, 11) is 0. The summed E-state index contributed by atoms with van der Waals surface area (Å²) >= 11 is 24.1. The van der Waals surface area contributed by atoms with Crippen molar-refractivity contribution in [1.82, 2.24) is 4.98 Å². The van der Waals surface area contributed by atoms with Gasteiger partial charge in [-0.05, 0) is 24.3 Å². The van der Waals surface area contributed by atoms with E-state index in [9.17, 15) is 9.90 Å². The van der Waals surface area contributed by atoms with Gasteiger partial charge >= 0.3 is 0 Å². The van der Waals surface area contributed by atoms with Crippen molar-refractivity contribution >= 4 is 74.5 Å². The number of aromatic nitrogens is 1. The van der Waals surface area contributed by atoms with E-state index in [2.05, 4.69) is 9.98 Å². The number of fused-ring (bicyclic) bond motifs is 2. The number of benzene rings is 2. The Morgan fingerprint density at radius 1 is 0.958 bits per heavy atom. The molecule has 24 heavy (non-hydrogen) atoms. The number of aliphatic imine (C=N–C) groups is 1. The van der Waals surface area contributed by atoms with Crippen LogP contribution >= 0.6 is 46.4 Å². The lowest BCUT2D eigenvalue weighted by Gasteiger charge is -1.99. The normalized spacial score (nSPS) is 13.5. The van der Waals surface area contributed by atoms with E-state index in [0.717, 1.165) is 0 Å². The third-order valence-corrected chi connectivity index (χ3v) is 4.77. The van der Waals surface area contributed by atoms with E-state index in [1.54, 1.807) is 6.07 Å². The number of H-pyrrole nitrogens is 1. The molecular weight excluding hydrogens is 394 g/mol. The summed E-state index contributed by atoms with van der Waals surface area (Å²) in [4.78, 5) is 19.8. The first-order valence-electron chi connectivity index (χ1n) is 6.69. The first-order valence-corrected chi connectivity index (χ1v) is 8.20. The van der Waals surface area contributed by atoms with Crippen molar-refractivity contribution < 1.29 is 9.90 Å². The summed E-state index contributed by atoms with van der Waals surface area (Å²) in [5.41, 5.74) is 1.26. The van der Waals surface area contributed by atoms with Crippen molar-refractivity contribution in [3.8, 4) is 5.75 Å². The molecular formula is C16H6Cl4N2O2. The fourth-order valence-corrected chi connectivity index (χ4v) is 3.77. The lowest BCUT2D eigenvalue weighted by molar-refractivity contribution is 0.107. The van der Waals surface area contributed by atoms with Gasteiger partial charge in [0.05, 0.1) is 26.8 Å². The summed E-state index contributed by atoms with van der Waals surface area (Å²) < 4.78 is 0. The molecule has 3 aromatic rings. The number of hydrogen-bond acceptors (Lipinski definition) is 3. The van der Waals surface area contributed by atoms with Gasteiger partial charge < -0.3 is 10.1 Å². The van der Waals surface area contributed by atoms with E-state index in [0.29, 0.717) is 31.7 Å². The molecule has 1 aromatic heterocycles. The minimum atomic E-state index is -0.390. The number of carbonyl (C=O) groups is 1. The van der Waals surface area contributed by atoms with Crippen LogP contribution < -0.4 is 0 Å². The van der Waals surface area contributed by atoms with Gasteiger partial charge in [-0.2, -0.15) is 0 Å². The molecule has 1 aliphatic heterocycles. The quantitative estimate of drug-likeness (QED) is 0.542. The second-order valence-corrected chi connectivity index (χ2v) is 6.92. The van der Waals surface area contributed by atoms with Crippen LogP contribution in [0, 0.1) is 0 Å². The van der Waals surface area contributed by atoms with E-state index in [1.165, 1.54) is 18.2 Å². The molecule has 2 heterocycles. The number of nitrogens with one attached hydrogen (secondary N) is 1. The Hall–Kier alpha value is -1.72. The van der Waals surface area contributed by atoms with Crippen molar-refractivity contribution in [2.45, 2.75) is 0 Å². The number of carbonyl (C=O) groups excluding carboxylic acids is 1. The number of aromatic amines is 1. The van der Waals surface area contributed by atoms with Crippen molar-refractivity contribution in [3.05, 3.63) is 55.6 Å². The van der Waals surface area contributed by atoms with Crippen LogP contribution in [0.5, 0.6) is 5.75 Å². The highest BCUT2D eigenvalue weighted by Gasteiger charge is 2.31. The van der Waals surface area contributed by atoms with Gasteiger partial charge in [0.25, 0.3) is 0 Å². The largest absolute Gasteiger partial charge is 0.505 e. The van der Waals surface area contributed by atoms with Crippen molar-refractivity contribution in [1.29, 1.82) is 0 Å². The monoisotopic (exact) mass is 398 g/mol. The molecule has 8 heteroatoms. The van der Waals surface area contributed by atoms with Crippen LogP contribution in [-0.2, 0) is 0 Å². The Bertz CT molecular complexity index is 1090. The number of nitrogens with zero attached hydrogens (tertiary/aromatic N) is 1. The summed E-state index contributed by atoms with van der Waals surface area (Å²) in [6.07, 6.45) is 0. The summed E-state index contributed by atoms with van der Waals surface area (Å²) in [5.74, 6) is -0.546. The average Bonchev–Trinajstić information content (AvgIpc) is 2.99. The second-order valence-electron chi connectivity index (χ2n) is 5.23. The van der Waals surface area contributed by atoms with Gasteiger partial charge in [-0.1, -0.05) is 46.4 Å². The second kappa shape index (κ2) is 5.39. The Morgan fingerprint density at radius 2 is 1.62 bits per heavy atom. The zero-order valence-electron chi connectivity index (χ0n) is 11.6. The number of rotatable bonds is 1. The molecule has 0 aliphatic carbocycles. The van der Waals surface area contributed by atoms with Crippen LogP contribution in [-0.4, -0.2) is 21.6 Å². The zero-order chi connectivity index (χ0) is 17.2. The van der Waals surface area contributed by atoms with Gasteiger partial charge in [-0.3, -0.25) is 4.79 Å². The van der Waals surface area contributed by atoms with E-state index >= 15 is 0 Å². The molecule has 0 unspecified atom stereocenters. The Labute approximate surface area is 155 Å². The van der Waals surface area contributed by atoms with Crippen LogP contribution in [0.3, 0.4) is 0 Å². The number of halogens is 4. The van der Waals surface area contributed by atoms with Gasteiger partial charge in [0.15, 0.2) is 5.75 Å². The van der Waals surface area contributed by atoms with Crippen LogP contribution in [0.1, 0.15) is 16.1 Å². The van der Waals surface area contributed by atoms with Gasteiger partial charge in [-0.25, -0.2) is 4.99 Å². The average molecular weight is 400 g/mol. The fraction of sp³-hybridized carbons (Fsp3) is 0. The topological polar surface area (TPSA) is 65.5 Å².